The highest BCUT2D eigenvalue weighted by Gasteiger charge is 2.06. The summed E-state index contributed by atoms with van der Waals surface area (Å²) in [5.41, 5.74) is 0.627. The lowest BCUT2D eigenvalue weighted by atomic mass is 10.3. The Labute approximate surface area is 59.1 Å². The van der Waals surface area contributed by atoms with Gasteiger partial charge in [-0.05, 0) is 12.1 Å². The smallest absolute Gasteiger partial charge is 0.180 e. The fraction of sp³-hybridized carbons (Fsp3) is 0.286. The second kappa shape index (κ2) is 2.54. The lowest BCUT2D eigenvalue weighted by Crippen LogP contribution is -2.00. The summed E-state index contributed by atoms with van der Waals surface area (Å²) in [5.74, 6) is 0. The first-order chi connectivity index (χ1) is 4.75. The zero-order chi connectivity index (χ0) is 7.56. The Kier molecular flexibility index (Phi) is 1.74. The minimum atomic E-state index is -1.00. The van der Waals surface area contributed by atoms with E-state index in [1.807, 2.05) is 0 Å². The highest BCUT2D eigenvalue weighted by molar-refractivity contribution is 5.14. The van der Waals surface area contributed by atoms with Crippen LogP contribution in [0.4, 0.5) is 0 Å². The Bertz CT molecular complexity index is 259. The summed E-state index contributed by atoms with van der Waals surface area (Å²) in [6.45, 7) is 0. The Morgan fingerprint density at radius 2 is 2.50 bits per heavy atom. The van der Waals surface area contributed by atoms with Gasteiger partial charge in [-0.1, -0.05) is 0 Å². The Hall–Kier alpha value is -1.27. The number of aliphatic hydroxyl groups excluding tert-OH is 1. The molecule has 0 bridgehead atoms. The van der Waals surface area contributed by atoms with Crippen LogP contribution in [0.3, 0.4) is 0 Å². The minimum absolute atomic E-state index is 0.627. The second-order valence-electron chi connectivity index (χ2n) is 2.08. The van der Waals surface area contributed by atoms with Gasteiger partial charge in [0.05, 0.1) is 5.69 Å². The van der Waals surface area contributed by atoms with Crippen molar-refractivity contribution in [2.45, 2.75) is 6.10 Å². The number of aromatic nitrogens is 1. The molecule has 0 radical (unpaired) electrons. The largest absolute Gasteiger partial charge is 0.373 e. The van der Waals surface area contributed by atoms with Crippen LogP contribution < -0.4 is 0 Å². The van der Waals surface area contributed by atoms with E-state index in [1.54, 1.807) is 36.0 Å². The molecule has 0 fully saturated rings. The fourth-order valence-electron chi connectivity index (χ4n) is 0.825. The summed E-state index contributed by atoms with van der Waals surface area (Å²) in [4.78, 5) is 0. The number of nitrogens with zero attached hydrogens (tertiary/aromatic N) is 2. The molecular weight excluding hydrogens is 128 g/mol. The normalized spacial score (nSPS) is 12.5. The maximum absolute atomic E-state index is 9.02. The van der Waals surface area contributed by atoms with Gasteiger partial charge in [-0.3, -0.25) is 0 Å². The van der Waals surface area contributed by atoms with E-state index in [0.29, 0.717) is 5.69 Å². The molecule has 3 nitrogen and oxygen atoms in total. The van der Waals surface area contributed by atoms with Gasteiger partial charge in [0.2, 0.25) is 0 Å². The summed E-state index contributed by atoms with van der Waals surface area (Å²) in [7, 11) is 1.79. The molecule has 1 N–H and O–H groups in total. The van der Waals surface area contributed by atoms with Gasteiger partial charge >= 0.3 is 0 Å². The molecule has 52 valence electrons. The first-order valence-electron chi connectivity index (χ1n) is 2.94. The van der Waals surface area contributed by atoms with E-state index >= 15 is 0 Å². The van der Waals surface area contributed by atoms with Crippen molar-refractivity contribution in [1.82, 2.24) is 4.57 Å². The van der Waals surface area contributed by atoms with Crippen molar-refractivity contribution in [2.24, 2.45) is 7.05 Å². The molecule has 0 aliphatic carbocycles. The third-order valence-electron chi connectivity index (χ3n) is 1.39. The van der Waals surface area contributed by atoms with Crippen LogP contribution in [0, 0.1) is 11.3 Å². The molecule has 1 unspecified atom stereocenters. The summed E-state index contributed by atoms with van der Waals surface area (Å²) in [6, 6.07) is 5.25. The van der Waals surface area contributed by atoms with Crippen LogP contribution >= 0.6 is 0 Å². The van der Waals surface area contributed by atoms with Crippen molar-refractivity contribution in [3.05, 3.63) is 24.0 Å². The van der Waals surface area contributed by atoms with E-state index < -0.39 is 6.10 Å². The van der Waals surface area contributed by atoms with E-state index in [9.17, 15) is 0 Å². The summed E-state index contributed by atoms with van der Waals surface area (Å²) < 4.78 is 1.72. The molecular formula is C7H8N2O. The molecule has 0 aliphatic heterocycles. The molecule has 0 aliphatic rings. The first kappa shape index (κ1) is 6.84. The SMILES string of the molecule is Cn1cccc1C(O)C#N. The lowest BCUT2D eigenvalue weighted by Gasteiger charge is -2.01. The molecule has 1 aromatic heterocycles. The zero-order valence-corrected chi connectivity index (χ0v) is 5.65. The zero-order valence-electron chi connectivity index (χ0n) is 5.65. The van der Waals surface area contributed by atoms with Gasteiger partial charge in [-0.15, -0.1) is 0 Å². The van der Waals surface area contributed by atoms with Crippen molar-refractivity contribution in [1.29, 1.82) is 5.26 Å². The first-order valence-corrected chi connectivity index (χ1v) is 2.94. The van der Waals surface area contributed by atoms with Crippen LogP contribution in [0.15, 0.2) is 18.3 Å². The number of hydrogen-bond donors (Lipinski definition) is 1. The van der Waals surface area contributed by atoms with Crippen LogP contribution in [0.1, 0.15) is 11.8 Å². The molecule has 0 spiro atoms. The maximum Gasteiger partial charge on any atom is 0.180 e. The topological polar surface area (TPSA) is 49.0 Å². The fourth-order valence-corrected chi connectivity index (χ4v) is 0.825. The number of aliphatic hydroxyl groups is 1. The molecule has 0 aromatic carbocycles. The molecule has 1 atom stereocenters. The van der Waals surface area contributed by atoms with Gasteiger partial charge < -0.3 is 9.67 Å². The number of nitriles is 1. The van der Waals surface area contributed by atoms with Gasteiger partial charge in [-0.2, -0.15) is 5.26 Å². The average Bonchev–Trinajstić information content (AvgIpc) is 2.34. The number of rotatable bonds is 1. The van der Waals surface area contributed by atoms with Crippen molar-refractivity contribution in [2.75, 3.05) is 0 Å². The quantitative estimate of drug-likeness (QED) is 0.574. The van der Waals surface area contributed by atoms with Gasteiger partial charge in [0.25, 0.3) is 0 Å². The van der Waals surface area contributed by atoms with Crippen molar-refractivity contribution >= 4 is 0 Å². The molecule has 10 heavy (non-hydrogen) atoms. The molecule has 0 amide bonds. The lowest BCUT2D eigenvalue weighted by molar-refractivity contribution is 0.227. The molecule has 0 saturated heterocycles. The Morgan fingerprint density at radius 3 is 2.90 bits per heavy atom. The second-order valence-corrected chi connectivity index (χ2v) is 2.08. The highest BCUT2D eigenvalue weighted by atomic mass is 16.3. The van der Waals surface area contributed by atoms with Gasteiger partial charge in [0.15, 0.2) is 6.10 Å². The monoisotopic (exact) mass is 136 g/mol. The summed E-state index contributed by atoms with van der Waals surface area (Å²) in [5, 5.41) is 17.3. The van der Waals surface area contributed by atoms with E-state index in [2.05, 4.69) is 0 Å². The van der Waals surface area contributed by atoms with Gasteiger partial charge in [0.1, 0.15) is 6.07 Å². The van der Waals surface area contributed by atoms with Crippen LogP contribution in [0.5, 0.6) is 0 Å². The number of hydrogen-bond acceptors (Lipinski definition) is 2. The third kappa shape index (κ3) is 1.02. The van der Waals surface area contributed by atoms with Crippen molar-refractivity contribution in [3.8, 4) is 6.07 Å². The van der Waals surface area contributed by atoms with Gasteiger partial charge in [0, 0.05) is 13.2 Å². The van der Waals surface area contributed by atoms with Crippen LogP contribution in [-0.4, -0.2) is 9.67 Å². The predicted molar refractivity (Wildman–Crippen MR) is 36.0 cm³/mol. The molecule has 1 rings (SSSR count). The standard InChI is InChI=1S/C7H8N2O/c1-9-4-2-3-6(9)7(10)5-8/h2-4,7,10H,1H3. The van der Waals surface area contributed by atoms with E-state index in [4.69, 9.17) is 10.4 Å². The summed E-state index contributed by atoms with van der Waals surface area (Å²) in [6.07, 6.45) is 0.788. The van der Waals surface area contributed by atoms with Gasteiger partial charge in [-0.25, -0.2) is 0 Å². The van der Waals surface area contributed by atoms with Crippen LogP contribution in [-0.2, 0) is 7.05 Å². The molecule has 3 heteroatoms. The predicted octanol–water partition coefficient (Wildman–Crippen LogP) is 0.582. The van der Waals surface area contributed by atoms with E-state index in [0.717, 1.165) is 0 Å². The van der Waals surface area contributed by atoms with Crippen molar-refractivity contribution in [3.63, 3.8) is 0 Å². The molecule has 0 saturated carbocycles. The Morgan fingerprint density at radius 1 is 1.80 bits per heavy atom. The molecule has 1 aromatic rings. The van der Waals surface area contributed by atoms with Crippen LogP contribution in [0.2, 0.25) is 0 Å². The van der Waals surface area contributed by atoms with E-state index in [1.165, 1.54) is 0 Å². The van der Waals surface area contributed by atoms with Crippen molar-refractivity contribution < 1.29 is 5.11 Å². The van der Waals surface area contributed by atoms with E-state index in [-0.39, 0.29) is 0 Å². The highest BCUT2D eigenvalue weighted by Crippen LogP contribution is 2.10. The Balaban J connectivity index is 2.96. The molecule has 1 heterocycles. The van der Waals surface area contributed by atoms with Crippen LogP contribution in [0.25, 0.3) is 0 Å². The minimum Gasteiger partial charge on any atom is -0.373 e. The maximum atomic E-state index is 9.02. The number of aryl methyl sites for hydroxylation is 1. The third-order valence-corrected chi connectivity index (χ3v) is 1.39. The summed E-state index contributed by atoms with van der Waals surface area (Å²) >= 11 is 0. The average molecular weight is 136 g/mol.